The van der Waals surface area contributed by atoms with Crippen molar-refractivity contribution in [3.63, 3.8) is 0 Å². The van der Waals surface area contributed by atoms with Crippen molar-refractivity contribution in [1.29, 1.82) is 0 Å². The molecule has 1 unspecified atom stereocenters. The molecule has 1 aliphatic heterocycles. The van der Waals surface area contributed by atoms with E-state index in [4.69, 9.17) is 5.10 Å². The average molecular weight is 546 g/mol. The molecule has 4 heterocycles. The number of carbonyl (C=O) groups is 1. The van der Waals surface area contributed by atoms with Crippen molar-refractivity contribution >= 4 is 5.91 Å². The molecule has 0 spiro atoms. The van der Waals surface area contributed by atoms with E-state index < -0.39 is 23.1 Å². The molecular weight excluding hydrogens is 523 g/mol. The lowest BCUT2D eigenvalue weighted by Gasteiger charge is -2.29. The highest BCUT2D eigenvalue weighted by atomic mass is 19.1. The Hall–Kier alpha value is -4.84. The minimum Gasteiger partial charge on any atom is -0.381 e. The van der Waals surface area contributed by atoms with Gasteiger partial charge in [-0.1, -0.05) is 6.07 Å². The third-order valence-corrected chi connectivity index (χ3v) is 6.89. The zero-order valence-corrected chi connectivity index (χ0v) is 21.2. The molecule has 1 N–H and O–H groups in total. The first kappa shape index (κ1) is 25.4. The summed E-state index contributed by atoms with van der Waals surface area (Å²) in [5.41, 5.74) is 1.02. The Kier molecular flexibility index (Phi) is 6.18. The molecule has 0 saturated heterocycles. The fourth-order valence-electron chi connectivity index (χ4n) is 5.03. The molecule has 0 fully saturated rings. The number of pyridine rings is 1. The van der Waals surface area contributed by atoms with Crippen LogP contribution in [0.4, 0.5) is 13.2 Å². The number of aromatic nitrogens is 6. The number of nitrogens with zero attached hydrogens (tertiary/aromatic N) is 7. The van der Waals surface area contributed by atoms with Gasteiger partial charge in [-0.2, -0.15) is 10.2 Å². The van der Waals surface area contributed by atoms with Gasteiger partial charge in [-0.05, 0) is 36.4 Å². The van der Waals surface area contributed by atoms with Crippen LogP contribution in [0.25, 0.3) is 22.4 Å². The van der Waals surface area contributed by atoms with Gasteiger partial charge in [0.2, 0.25) is 0 Å². The predicted octanol–water partition coefficient (Wildman–Crippen LogP) is 3.79. The van der Waals surface area contributed by atoms with Crippen LogP contribution < -0.4 is 0 Å². The number of amides is 1. The van der Waals surface area contributed by atoms with Crippen LogP contribution in [-0.2, 0) is 25.2 Å². The summed E-state index contributed by atoms with van der Waals surface area (Å²) in [5.74, 6) is -2.35. The van der Waals surface area contributed by atoms with Crippen LogP contribution >= 0.6 is 0 Å². The number of fused-ring (bicyclic) bond motifs is 1. The predicted molar refractivity (Wildman–Crippen MR) is 137 cm³/mol. The van der Waals surface area contributed by atoms with Gasteiger partial charge in [-0.15, -0.1) is 0 Å². The van der Waals surface area contributed by atoms with Crippen LogP contribution in [0.1, 0.15) is 21.6 Å². The van der Waals surface area contributed by atoms with E-state index in [1.165, 1.54) is 40.2 Å². The topological polar surface area (TPSA) is 102 Å². The second-order valence-electron chi connectivity index (χ2n) is 9.69. The summed E-state index contributed by atoms with van der Waals surface area (Å²) in [6, 6.07) is 10.3. The highest BCUT2D eigenvalue weighted by Crippen LogP contribution is 2.38. The fraction of sp³-hybridized carbons (Fsp3) is 0.179. The van der Waals surface area contributed by atoms with Gasteiger partial charge in [0.25, 0.3) is 5.91 Å². The minimum absolute atomic E-state index is 0.161. The first-order valence-electron chi connectivity index (χ1n) is 12.3. The largest absolute Gasteiger partial charge is 0.381 e. The lowest BCUT2D eigenvalue weighted by atomic mass is 9.93. The van der Waals surface area contributed by atoms with E-state index in [1.54, 1.807) is 42.5 Å². The van der Waals surface area contributed by atoms with Gasteiger partial charge in [-0.25, -0.2) is 22.8 Å². The van der Waals surface area contributed by atoms with Crippen LogP contribution in [0.2, 0.25) is 0 Å². The van der Waals surface area contributed by atoms with E-state index in [0.29, 0.717) is 46.3 Å². The Labute approximate surface area is 226 Å². The molecule has 9 nitrogen and oxygen atoms in total. The summed E-state index contributed by atoms with van der Waals surface area (Å²) in [5, 5.41) is 20.6. The van der Waals surface area contributed by atoms with Gasteiger partial charge >= 0.3 is 0 Å². The molecule has 3 aromatic heterocycles. The molecule has 40 heavy (non-hydrogen) atoms. The maximum absolute atomic E-state index is 15.0. The fourth-order valence-corrected chi connectivity index (χ4v) is 5.03. The normalized spacial score (nSPS) is 14.4. The van der Waals surface area contributed by atoms with E-state index in [0.717, 1.165) is 6.07 Å². The van der Waals surface area contributed by atoms with Gasteiger partial charge in [0.15, 0.2) is 0 Å². The Morgan fingerprint density at radius 3 is 2.45 bits per heavy atom. The van der Waals surface area contributed by atoms with Crippen molar-refractivity contribution in [3.05, 3.63) is 108 Å². The zero-order chi connectivity index (χ0) is 28.0. The summed E-state index contributed by atoms with van der Waals surface area (Å²) < 4.78 is 45.3. The number of hydrogen-bond acceptors (Lipinski definition) is 6. The molecule has 1 atom stereocenters. The zero-order valence-electron chi connectivity index (χ0n) is 21.2. The van der Waals surface area contributed by atoms with Crippen molar-refractivity contribution < 1.29 is 23.1 Å². The lowest BCUT2D eigenvalue weighted by molar-refractivity contribution is -0.00840. The lowest BCUT2D eigenvalue weighted by Crippen LogP contribution is -2.37. The van der Waals surface area contributed by atoms with Gasteiger partial charge < -0.3 is 10.0 Å². The Bertz CT molecular complexity index is 1720. The molecule has 0 aliphatic carbocycles. The first-order chi connectivity index (χ1) is 19.2. The van der Waals surface area contributed by atoms with Gasteiger partial charge in [-0.3, -0.25) is 14.5 Å². The summed E-state index contributed by atoms with van der Waals surface area (Å²) in [6.07, 6.45) is 5.88. The number of carbonyl (C=O) groups excluding carboxylic acids is 1. The Balaban J connectivity index is 1.50. The standard InChI is InChI=1S/C28H22F3N7O2/c1-36-12-24-25(27(36)39)20(8-9-33-24)21-11-37(35-26(21)17-2-4-18(29)5-3-17)13-28(40,14-38-16-32-15-34-38)22-7-6-19(30)10-23(22)31/h2-11,15-16,40H,12-14H2,1H3. The summed E-state index contributed by atoms with van der Waals surface area (Å²) in [4.78, 5) is 22.8. The molecule has 0 saturated carbocycles. The molecule has 1 amide bonds. The van der Waals surface area contributed by atoms with Crippen molar-refractivity contribution in [1.82, 2.24) is 34.4 Å². The van der Waals surface area contributed by atoms with Gasteiger partial charge in [0.05, 0.1) is 30.9 Å². The third-order valence-electron chi connectivity index (χ3n) is 6.89. The van der Waals surface area contributed by atoms with Gasteiger partial charge in [0, 0.05) is 47.8 Å². The SMILES string of the molecule is CN1Cc2nccc(-c3cn(CC(O)(Cn4cncn4)c4ccc(F)cc4F)nc3-c3ccc(F)cc3)c2C1=O. The summed E-state index contributed by atoms with van der Waals surface area (Å²) >= 11 is 0. The number of aliphatic hydroxyl groups is 1. The van der Waals surface area contributed by atoms with E-state index in [-0.39, 0.29) is 24.6 Å². The van der Waals surface area contributed by atoms with Crippen LogP contribution in [-0.4, -0.2) is 52.5 Å². The van der Waals surface area contributed by atoms with E-state index in [1.807, 2.05) is 0 Å². The van der Waals surface area contributed by atoms with Crippen molar-refractivity contribution in [2.24, 2.45) is 0 Å². The van der Waals surface area contributed by atoms with Crippen LogP contribution in [0.5, 0.6) is 0 Å². The molecule has 1 aliphatic rings. The van der Waals surface area contributed by atoms with Crippen LogP contribution in [0, 0.1) is 17.5 Å². The second-order valence-corrected chi connectivity index (χ2v) is 9.69. The van der Waals surface area contributed by atoms with Crippen LogP contribution in [0.15, 0.2) is 73.6 Å². The minimum atomic E-state index is -1.94. The first-order valence-corrected chi connectivity index (χ1v) is 12.3. The van der Waals surface area contributed by atoms with E-state index in [9.17, 15) is 23.1 Å². The molecule has 6 rings (SSSR count). The van der Waals surface area contributed by atoms with Crippen molar-refractivity contribution in [2.45, 2.75) is 25.2 Å². The highest BCUT2D eigenvalue weighted by Gasteiger charge is 2.36. The highest BCUT2D eigenvalue weighted by molar-refractivity contribution is 6.05. The summed E-state index contributed by atoms with van der Waals surface area (Å²) in [6.45, 7) is -0.140. The van der Waals surface area contributed by atoms with Crippen LogP contribution in [0.3, 0.4) is 0 Å². The smallest absolute Gasteiger partial charge is 0.256 e. The molecule has 2 aromatic carbocycles. The quantitative estimate of drug-likeness (QED) is 0.334. The van der Waals surface area contributed by atoms with E-state index in [2.05, 4.69) is 15.1 Å². The molecule has 5 aromatic rings. The van der Waals surface area contributed by atoms with Crippen molar-refractivity contribution in [3.8, 4) is 22.4 Å². The van der Waals surface area contributed by atoms with E-state index >= 15 is 0 Å². The third kappa shape index (κ3) is 4.51. The maximum Gasteiger partial charge on any atom is 0.256 e. The number of benzene rings is 2. The monoisotopic (exact) mass is 545 g/mol. The van der Waals surface area contributed by atoms with Gasteiger partial charge in [0.1, 0.15) is 41.4 Å². The summed E-state index contributed by atoms with van der Waals surface area (Å²) in [7, 11) is 1.68. The molecular formula is C28H22F3N7O2. The Morgan fingerprint density at radius 1 is 0.975 bits per heavy atom. The molecule has 12 heteroatoms. The number of hydrogen-bond donors (Lipinski definition) is 1. The molecule has 0 radical (unpaired) electrons. The molecule has 0 bridgehead atoms. The number of rotatable bonds is 7. The number of halogens is 3. The Morgan fingerprint density at radius 2 is 1.73 bits per heavy atom. The molecule has 202 valence electrons. The second kappa shape index (κ2) is 9.72. The average Bonchev–Trinajstić information content (AvgIpc) is 3.64. The maximum atomic E-state index is 15.0. The van der Waals surface area contributed by atoms with Crippen molar-refractivity contribution in [2.75, 3.05) is 7.05 Å².